The van der Waals surface area contributed by atoms with Gasteiger partial charge in [0.1, 0.15) is 17.1 Å². The van der Waals surface area contributed by atoms with E-state index in [1.54, 1.807) is 62.6 Å². The molecular weight excluding hydrogens is 570 g/mol. The summed E-state index contributed by atoms with van der Waals surface area (Å²) in [5, 5.41) is 24.1. The highest BCUT2D eigenvalue weighted by atomic mass is 28.3. The molecule has 12 heteroatoms. The van der Waals surface area contributed by atoms with E-state index < -0.39 is 32.3 Å². The van der Waals surface area contributed by atoms with Crippen molar-refractivity contribution < 1.29 is 38.8 Å². The van der Waals surface area contributed by atoms with Crippen LogP contribution in [-0.2, 0) is 22.1 Å². The number of phenols is 1. The standard InChI is InChI=1S/C31H41N3O8Si/c1-5-41-26-13-19(29(38)34-22-8-9-23(34)17-40-16-22)7-11-25(26)28(37)32-14-27(36)43-18-20-6-10-24(35)12-21(20)15-33(43)30(39)42-31(2,3)4/h6-7,10-13,22-23,27,35-36,43H,5,8-9,14-18H2,1-4H3,(H,32,37)/t22?,23?,27-,43-/m0/s1. The van der Waals surface area contributed by atoms with Gasteiger partial charge in [0.15, 0.2) is 8.96 Å². The molecule has 2 fully saturated rings. The molecule has 43 heavy (non-hydrogen) atoms. The second-order valence-corrected chi connectivity index (χ2v) is 15.3. The van der Waals surface area contributed by atoms with Gasteiger partial charge >= 0.3 is 6.09 Å². The second-order valence-electron chi connectivity index (χ2n) is 12.4. The normalized spacial score (nSPS) is 22.0. The third-order valence-electron chi connectivity index (χ3n) is 8.15. The summed E-state index contributed by atoms with van der Waals surface area (Å²) in [7, 11) is -2.43. The van der Waals surface area contributed by atoms with Crippen LogP contribution in [-0.4, -0.2) is 96.3 Å². The molecule has 0 aliphatic carbocycles. The number of aromatic hydroxyl groups is 1. The average Bonchev–Trinajstić information content (AvgIpc) is 3.21. The highest BCUT2D eigenvalue weighted by Crippen LogP contribution is 2.32. The zero-order valence-electron chi connectivity index (χ0n) is 25.2. The van der Waals surface area contributed by atoms with Crippen LogP contribution >= 0.6 is 0 Å². The molecule has 11 nitrogen and oxygen atoms in total. The highest BCUT2D eigenvalue weighted by Gasteiger charge is 2.41. The molecule has 2 saturated heterocycles. The lowest BCUT2D eigenvalue weighted by Crippen LogP contribution is -2.58. The average molecular weight is 612 g/mol. The summed E-state index contributed by atoms with van der Waals surface area (Å²) in [5.74, 6) is -0.156. The number of nitrogens with one attached hydrogen (secondary N) is 1. The van der Waals surface area contributed by atoms with Gasteiger partial charge in [-0.2, -0.15) is 0 Å². The fourth-order valence-electron chi connectivity index (χ4n) is 6.11. The van der Waals surface area contributed by atoms with Crippen LogP contribution < -0.4 is 10.1 Å². The molecule has 4 atom stereocenters. The number of nitrogens with zero attached hydrogens (tertiary/aromatic N) is 2. The molecule has 0 aromatic heterocycles. The van der Waals surface area contributed by atoms with Gasteiger partial charge in [-0.1, -0.05) is 6.07 Å². The lowest BCUT2D eigenvalue weighted by molar-refractivity contribution is -0.00718. The number of aliphatic hydroxyl groups is 1. The van der Waals surface area contributed by atoms with Crippen molar-refractivity contribution >= 4 is 26.9 Å². The number of fused-ring (bicyclic) bond motifs is 3. The molecule has 3 amide bonds. The summed E-state index contributed by atoms with van der Waals surface area (Å²) in [6.45, 7) is 8.64. The first-order valence-corrected chi connectivity index (χ1v) is 16.9. The van der Waals surface area contributed by atoms with Crippen molar-refractivity contribution in [2.75, 3.05) is 26.4 Å². The summed E-state index contributed by atoms with van der Waals surface area (Å²) < 4.78 is 18.6. The van der Waals surface area contributed by atoms with Crippen molar-refractivity contribution in [3.8, 4) is 11.5 Å². The number of hydrogen-bond acceptors (Lipinski definition) is 8. The van der Waals surface area contributed by atoms with E-state index in [0.717, 1.165) is 24.0 Å². The van der Waals surface area contributed by atoms with Gasteiger partial charge in [-0.05, 0) is 88.0 Å². The molecule has 3 aliphatic rings. The molecule has 3 heterocycles. The number of carbonyl (C=O) groups excluding carboxylic acids is 3. The topological polar surface area (TPSA) is 138 Å². The summed E-state index contributed by atoms with van der Waals surface area (Å²) in [6, 6.07) is 10.4. The molecule has 3 aliphatic heterocycles. The molecule has 0 radical (unpaired) electrons. The molecule has 2 aromatic rings. The van der Waals surface area contributed by atoms with E-state index in [4.69, 9.17) is 14.2 Å². The lowest BCUT2D eigenvalue weighted by atomic mass is 10.1. The summed E-state index contributed by atoms with van der Waals surface area (Å²) in [6.07, 6.45) is 1.30. The Morgan fingerprint density at radius 1 is 1.09 bits per heavy atom. The van der Waals surface area contributed by atoms with Crippen molar-refractivity contribution in [1.29, 1.82) is 0 Å². The molecular formula is C31H41N3O8Si. The van der Waals surface area contributed by atoms with E-state index >= 15 is 0 Å². The van der Waals surface area contributed by atoms with Crippen LogP contribution in [0, 0.1) is 0 Å². The van der Waals surface area contributed by atoms with E-state index in [2.05, 4.69) is 5.32 Å². The number of hydrogen-bond donors (Lipinski definition) is 3. The Balaban J connectivity index is 1.30. The lowest BCUT2D eigenvalue weighted by Gasteiger charge is -2.39. The van der Waals surface area contributed by atoms with Crippen LogP contribution in [0.25, 0.3) is 0 Å². The summed E-state index contributed by atoms with van der Waals surface area (Å²) >= 11 is 0. The summed E-state index contributed by atoms with van der Waals surface area (Å²) in [4.78, 5) is 41.8. The van der Waals surface area contributed by atoms with Gasteiger partial charge in [-0.15, -0.1) is 0 Å². The maximum Gasteiger partial charge on any atom is 0.402 e. The Kier molecular flexibility index (Phi) is 9.00. The van der Waals surface area contributed by atoms with Gasteiger partial charge in [-0.3, -0.25) is 9.59 Å². The minimum atomic E-state index is -2.43. The molecule has 2 bridgehead atoms. The maximum absolute atomic E-state index is 13.4. The molecule has 232 valence electrons. The van der Waals surface area contributed by atoms with Gasteiger partial charge < -0.3 is 39.2 Å². The van der Waals surface area contributed by atoms with Crippen molar-refractivity contribution in [3.63, 3.8) is 0 Å². The van der Waals surface area contributed by atoms with E-state index in [9.17, 15) is 24.6 Å². The fourth-order valence-corrected chi connectivity index (χ4v) is 9.02. The first-order chi connectivity index (χ1) is 20.4. The predicted molar refractivity (Wildman–Crippen MR) is 160 cm³/mol. The van der Waals surface area contributed by atoms with Crippen molar-refractivity contribution in [3.05, 3.63) is 58.7 Å². The van der Waals surface area contributed by atoms with Crippen LogP contribution in [0.4, 0.5) is 4.79 Å². The first kappa shape index (κ1) is 30.8. The van der Waals surface area contributed by atoms with E-state index in [0.29, 0.717) is 37.2 Å². The molecule has 0 spiro atoms. The van der Waals surface area contributed by atoms with Crippen LogP contribution in [0.5, 0.6) is 11.5 Å². The van der Waals surface area contributed by atoms with Gasteiger partial charge in [0.05, 0.1) is 43.2 Å². The van der Waals surface area contributed by atoms with Crippen LogP contribution in [0.2, 0.25) is 0 Å². The Morgan fingerprint density at radius 3 is 2.49 bits per heavy atom. The minimum Gasteiger partial charge on any atom is -0.508 e. The Bertz CT molecular complexity index is 1360. The molecule has 5 rings (SSSR count). The van der Waals surface area contributed by atoms with Gasteiger partial charge in [-0.25, -0.2) is 4.79 Å². The number of aliphatic hydroxyl groups excluding tert-OH is 1. The number of rotatable bonds is 7. The SMILES string of the molecule is CCOc1cc(C(=O)N2C3CCC2COC3)ccc1C(=O)NC[C@@H](O)[Si@@H]1Cc2ccc(O)cc2CN1C(=O)OC(C)(C)C. The zero-order chi connectivity index (χ0) is 30.9. The zero-order valence-corrected chi connectivity index (χ0v) is 26.3. The van der Waals surface area contributed by atoms with Gasteiger partial charge in [0, 0.05) is 18.7 Å². The van der Waals surface area contributed by atoms with E-state index in [1.807, 2.05) is 11.0 Å². The largest absolute Gasteiger partial charge is 0.508 e. The molecule has 2 aromatic carbocycles. The third-order valence-corrected chi connectivity index (χ3v) is 11.3. The number of carbonyl (C=O) groups is 3. The minimum absolute atomic E-state index is 0.0631. The predicted octanol–water partition coefficient (Wildman–Crippen LogP) is 2.68. The van der Waals surface area contributed by atoms with Gasteiger partial charge in [0.2, 0.25) is 0 Å². The van der Waals surface area contributed by atoms with Crippen molar-refractivity contribution in [2.24, 2.45) is 0 Å². The van der Waals surface area contributed by atoms with Crippen LogP contribution in [0.1, 0.15) is 72.4 Å². The third kappa shape index (κ3) is 6.81. The quantitative estimate of drug-likeness (QED) is 0.407. The van der Waals surface area contributed by atoms with Crippen molar-refractivity contribution in [2.45, 2.75) is 76.5 Å². The van der Waals surface area contributed by atoms with Crippen LogP contribution in [0.3, 0.4) is 0 Å². The van der Waals surface area contributed by atoms with E-state index in [1.165, 1.54) is 0 Å². The Hall–Kier alpha value is -3.61. The fraction of sp³-hybridized carbons (Fsp3) is 0.516. The Morgan fingerprint density at radius 2 is 1.81 bits per heavy atom. The summed E-state index contributed by atoms with van der Waals surface area (Å²) in [5.41, 5.74) is 0.751. The number of morpholine rings is 1. The number of benzene rings is 2. The maximum atomic E-state index is 13.4. The molecule has 0 saturated carbocycles. The number of phenolic OH excluding ortho intramolecular Hbond substituents is 1. The number of ether oxygens (including phenoxy) is 3. The first-order valence-electron chi connectivity index (χ1n) is 14.9. The number of amides is 3. The van der Waals surface area contributed by atoms with Gasteiger partial charge in [0.25, 0.3) is 11.8 Å². The molecule has 2 unspecified atom stereocenters. The highest BCUT2D eigenvalue weighted by molar-refractivity contribution is 6.59. The molecule has 3 N–H and O–H groups in total. The van der Waals surface area contributed by atoms with Crippen LogP contribution in [0.15, 0.2) is 36.4 Å². The monoisotopic (exact) mass is 611 g/mol. The Labute approximate surface area is 253 Å². The smallest absolute Gasteiger partial charge is 0.402 e. The van der Waals surface area contributed by atoms with E-state index in [-0.39, 0.29) is 42.4 Å². The second kappa shape index (κ2) is 12.5. The van der Waals surface area contributed by atoms with Crippen molar-refractivity contribution in [1.82, 2.24) is 14.8 Å².